The second-order valence-corrected chi connectivity index (χ2v) is 7.56. The Morgan fingerprint density at radius 3 is 2.77 bits per heavy atom. The summed E-state index contributed by atoms with van der Waals surface area (Å²) in [6, 6.07) is 12.5. The summed E-state index contributed by atoms with van der Waals surface area (Å²) in [7, 11) is 3.17. The summed E-state index contributed by atoms with van der Waals surface area (Å²) in [6.07, 6.45) is 1.75. The van der Waals surface area contributed by atoms with Crippen molar-refractivity contribution in [3.05, 3.63) is 58.9 Å². The monoisotopic (exact) mass is 427 g/mol. The van der Waals surface area contributed by atoms with Crippen LogP contribution in [-0.4, -0.2) is 48.3 Å². The number of benzene rings is 2. The second kappa shape index (κ2) is 8.75. The number of methoxy groups -OCH3 is 2. The lowest BCUT2D eigenvalue weighted by atomic mass is 9.97. The largest absolute Gasteiger partial charge is 0.493 e. The summed E-state index contributed by atoms with van der Waals surface area (Å²) >= 11 is 6.03. The van der Waals surface area contributed by atoms with Crippen molar-refractivity contribution in [3.63, 3.8) is 0 Å². The van der Waals surface area contributed by atoms with Crippen molar-refractivity contribution >= 4 is 17.5 Å². The Hall–Kier alpha value is -3.06. The first-order valence-corrected chi connectivity index (χ1v) is 10.1. The third-order valence-corrected chi connectivity index (χ3v) is 5.45. The van der Waals surface area contributed by atoms with Gasteiger partial charge in [0.25, 0.3) is 5.91 Å². The van der Waals surface area contributed by atoms with Crippen molar-refractivity contribution in [1.82, 2.24) is 15.0 Å². The molecule has 8 heteroatoms. The Balaban J connectivity index is 1.51. The van der Waals surface area contributed by atoms with Crippen LogP contribution in [0.2, 0.25) is 5.02 Å². The number of halogens is 1. The van der Waals surface area contributed by atoms with Crippen LogP contribution < -0.4 is 9.47 Å². The van der Waals surface area contributed by atoms with Gasteiger partial charge in [-0.05, 0) is 49.2 Å². The average Bonchev–Trinajstić information content (AvgIpc) is 3.28. The molecule has 3 aromatic rings. The van der Waals surface area contributed by atoms with Crippen LogP contribution in [0.4, 0.5) is 0 Å². The van der Waals surface area contributed by atoms with Crippen LogP contribution in [-0.2, 0) is 0 Å². The van der Waals surface area contributed by atoms with E-state index in [2.05, 4.69) is 10.1 Å². The highest BCUT2D eigenvalue weighted by Gasteiger charge is 2.29. The zero-order valence-corrected chi connectivity index (χ0v) is 17.6. The van der Waals surface area contributed by atoms with E-state index in [4.69, 9.17) is 25.6 Å². The van der Waals surface area contributed by atoms with Crippen molar-refractivity contribution in [1.29, 1.82) is 0 Å². The number of piperidine rings is 1. The summed E-state index contributed by atoms with van der Waals surface area (Å²) in [5.74, 6) is 2.18. The van der Waals surface area contributed by atoms with Gasteiger partial charge in [0.15, 0.2) is 11.5 Å². The van der Waals surface area contributed by atoms with Crippen molar-refractivity contribution < 1.29 is 18.8 Å². The van der Waals surface area contributed by atoms with E-state index in [9.17, 15) is 4.79 Å². The fourth-order valence-electron chi connectivity index (χ4n) is 3.66. The van der Waals surface area contributed by atoms with Gasteiger partial charge in [0.2, 0.25) is 11.7 Å². The molecule has 30 heavy (non-hydrogen) atoms. The summed E-state index contributed by atoms with van der Waals surface area (Å²) in [5, 5.41) is 4.68. The minimum absolute atomic E-state index is 0.0109. The summed E-state index contributed by atoms with van der Waals surface area (Å²) < 4.78 is 16.2. The van der Waals surface area contributed by atoms with Crippen molar-refractivity contribution in [2.75, 3.05) is 27.3 Å². The van der Waals surface area contributed by atoms with Gasteiger partial charge < -0.3 is 18.9 Å². The topological polar surface area (TPSA) is 77.7 Å². The zero-order valence-electron chi connectivity index (χ0n) is 16.8. The molecule has 1 saturated heterocycles. The van der Waals surface area contributed by atoms with Gasteiger partial charge in [-0.2, -0.15) is 4.98 Å². The maximum Gasteiger partial charge on any atom is 0.253 e. The smallest absolute Gasteiger partial charge is 0.253 e. The molecule has 2 aromatic carbocycles. The van der Waals surface area contributed by atoms with Crippen LogP contribution in [0.3, 0.4) is 0 Å². The molecule has 156 valence electrons. The predicted molar refractivity (Wildman–Crippen MR) is 112 cm³/mol. The van der Waals surface area contributed by atoms with Gasteiger partial charge in [0.1, 0.15) is 0 Å². The van der Waals surface area contributed by atoms with Crippen LogP contribution in [0.1, 0.15) is 35.0 Å². The Bertz CT molecular complexity index is 1050. The number of carbonyl (C=O) groups is 1. The first kappa shape index (κ1) is 20.2. The van der Waals surface area contributed by atoms with E-state index in [1.54, 1.807) is 44.6 Å². The molecular formula is C22H22ClN3O4. The van der Waals surface area contributed by atoms with Gasteiger partial charge >= 0.3 is 0 Å². The van der Waals surface area contributed by atoms with Crippen molar-refractivity contribution in [2.24, 2.45) is 0 Å². The van der Waals surface area contributed by atoms with E-state index in [-0.39, 0.29) is 11.8 Å². The lowest BCUT2D eigenvalue weighted by Gasteiger charge is -2.31. The van der Waals surface area contributed by atoms with E-state index in [0.717, 1.165) is 18.4 Å². The maximum atomic E-state index is 12.9. The number of ether oxygens (including phenoxy) is 2. The number of rotatable bonds is 5. The predicted octanol–water partition coefficient (Wildman–Crippen LogP) is 4.43. The fourth-order valence-corrected chi connectivity index (χ4v) is 3.85. The van der Waals surface area contributed by atoms with Crippen LogP contribution in [0.25, 0.3) is 11.4 Å². The zero-order chi connectivity index (χ0) is 21.1. The molecule has 1 aliphatic heterocycles. The number of nitrogens with zero attached hydrogens (tertiary/aromatic N) is 3. The quantitative estimate of drug-likeness (QED) is 0.599. The first-order chi connectivity index (χ1) is 14.6. The molecule has 0 spiro atoms. The molecule has 1 atom stereocenters. The molecule has 0 bridgehead atoms. The summed E-state index contributed by atoms with van der Waals surface area (Å²) in [4.78, 5) is 19.3. The Morgan fingerprint density at radius 2 is 2.00 bits per heavy atom. The van der Waals surface area contributed by atoms with E-state index in [1.807, 2.05) is 17.0 Å². The van der Waals surface area contributed by atoms with Crippen LogP contribution in [0.5, 0.6) is 11.5 Å². The first-order valence-electron chi connectivity index (χ1n) is 9.70. The van der Waals surface area contributed by atoms with Gasteiger partial charge in [0.05, 0.1) is 20.1 Å². The lowest BCUT2D eigenvalue weighted by Crippen LogP contribution is -2.39. The average molecular weight is 428 g/mol. The number of hydrogen-bond donors (Lipinski definition) is 0. The molecule has 1 aromatic heterocycles. The number of carbonyl (C=O) groups excluding carboxylic acids is 1. The highest BCUT2D eigenvalue weighted by molar-refractivity contribution is 6.30. The molecule has 0 aliphatic carbocycles. The molecule has 1 aliphatic rings. The second-order valence-electron chi connectivity index (χ2n) is 7.13. The number of amides is 1. The minimum Gasteiger partial charge on any atom is -0.493 e. The van der Waals surface area contributed by atoms with E-state index >= 15 is 0 Å². The molecule has 0 unspecified atom stereocenters. The third kappa shape index (κ3) is 4.11. The Labute approximate surface area is 179 Å². The van der Waals surface area contributed by atoms with Crippen LogP contribution in [0.15, 0.2) is 47.0 Å². The van der Waals surface area contributed by atoms with E-state index < -0.39 is 0 Å². The molecule has 1 amide bonds. The molecule has 2 heterocycles. The molecule has 0 radical (unpaired) electrons. The van der Waals surface area contributed by atoms with Gasteiger partial charge in [-0.25, -0.2) is 0 Å². The standard InChI is InChI=1S/C22H22ClN3O4/c1-28-18-9-8-14(12-19(18)29-2)20-24-21(30-25-20)16-6-4-10-26(13-16)22(27)15-5-3-7-17(23)11-15/h3,5,7-9,11-12,16H,4,6,10,13H2,1-2H3/t16-/m0/s1. The van der Waals surface area contributed by atoms with Crippen molar-refractivity contribution in [3.8, 4) is 22.9 Å². The van der Waals surface area contributed by atoms with Gasteiger partial charge in [-0.3, -0.25) is 4.79 Å². The highest BCUT2D eigenvalue weighted by atomic mass is 35.5. The number of aromatic nitrogens is 2. The lowest BCUT2D eigenvalue weighted by molar-refractivity contribution is 0.0695. The molecule has 7 nitrogen and oxygen atoms in total. The Morgan fingerprint density at radius 1 is 1.17 bits per heavy atom. The SMILES string of the molecule is COc1ccc(-c2noc([C@H]3CCCN(C(=O)c4cccc(Cl)c4)C3)n2)cc1OC. The fraction of sp³-hybridized carbons (Fsp3) is 0.318. The Kier molecular flexibility index (Phi) is 5.90. The normalized spacial score (nSPS) is 16.4. The molecule has 4 rings (SSSR count). The molecule has 0 N–H and O–H groups in total. The van der Waals surface area contributed by atoms with Crippen LogP contribution >= 0.6 is 11.6 Å². The summed E-state index contributed by atoms with van der Waals surface area (Å²) in [5.41, 5.74) is 1.35. The third-order valence-electron chi connectivity index (χ3n) is 5.21. The summed E-state index contributed by atoms with van der Waals surface area (Å²) in [6.45, 7) is 1.22. The molecule has 1 fully saturated rings. The van der Waals surface area contributed by atoms with Crippen molar-refractivity contribution in [2.45, 2.75) is 18.8 Å². The van der Waals surface area contributed by atoms with Gasteiger partial charge in [0, 0.05) is 29.2 Å². The van der Waals surface area contributed by atoms with E-state index in [0.29, 0.717) is 46.9 Å². The van der Waals surface area contributed by atoms with Crippen LogP contribution in [0, 0.1) is 0 Å². The molecular weight excluding hydrogens is 406 g/mol. The maximum absolute atomic E-state index is 12.9. The van der Waals surface area contributed by atoms with E-state index in [1.165, 1.54) is 0 Å². The minimum atomic E-state index is -0.0400. The highest BCUT2D eigenvalue weighted by Crippen LogP contribution is 2.33. The van der Waals surface area contributed by atoms with Gasteiger partial charge in [-0.1, -0.05) is 22.8 Å². The van der Waals surface area contributed by atoms with Gasteiger partial charge in [-0.15, -0.1) is 0 Å². The number of hydrogen-bond acceptors (Lipinski definition) is 6. The number of likely N-dealkylation sites (tertiary alicyclic amines) is 1. The molecule has 0 saturated carbocycles.